The minimum absolute atomic E-state index is 0.211. The van der Waals surface area contributed by atoms with Gasteiger partial charge in [-0.05, 0) is 31.3 Å². The van der Waals surface area contributed by atoms with Gasteiger partial charge in [-0.25, -0.2) is 0 Å². The minimum Gasteiger partial charge on any atom is -0.396 e. The first kappa shape index (κ1) is 12.7. The fraction of sp³-hybridized carbons (Fsp3) is 0.875. The summed E-state index contributed by atoms with van der Waals surface area (Å²) in [5.41, 5.74) is 9.84. The maximum Gasteiger partial charge on any atom is 0.237 e. The number of amides is 1. The summed E-state index contributed by atoms with van der Waals surface area (Å²) in [6.45, 7) is 1.85. The van der Waals surface area contributed by atoms with Gasteiger partial charge >= 0.3 is 0 Å². The number of primary amides is 1. The van der Waals surface area contributed by atoms with Crippen LogP contribution in [0.2, 0.25) is 0 Å². The van der Waals surface area contributed by atoms with Crippen LogP contribution in [0.3, 0.4) is 0 Å². The maximum absolute atomic E-state index is 10.8. The third-order valence-corrected chi connectivity index (χ3v) is 2.85. The second-order valence-electron chi connectivity index (χ2n) is 3.22. The summed E-state index contributed by atoms with van der Waals surface area (Å²) >= 11 is 1.67. The Morgan fingerprint density at radius 2 is 2.15 bits per heavy atom. The molecular formula is C8H18N2O2S. The van der Waals surface area contributed by atoms with E-state index in [0.29, 0.717) is 6.42 Å². The molecule has 0 rings (SSSR count). The SMILES string of the molecule is CC(N)(CCSCCCO)C(N)=O. The first-order valence-corrected chi connectivity index (χ1v) is 5.43. The number of aliphatic hydroxyl groups is 1. The van der Waals surface area contributed by atoms with E-state index in [-0.39, 0.29) is 6.61 Å². The van der Waals surface area contributed by atoms with E-state index in [9.17, 15) is 4.79 Å². The predicted molar refractivity (Wildman–Crippen MR) is 55.4 cm³/mol. The van der Waals surface area contributed by atoms with Crippen molar-refractivity contribution in [1.82, 2.24) is 0 Å². The van der Waals surface area contributed by atoms with Crippen molar-refractivity contribution in [2.24, 2.45) is 11.5 Å². The van der Waals surface area contributed by atoms with Gasteiger partial charge < -0.3 is 16.6 Å². The molecule has 13 heavy (non-hydrogen) atoms. The summed E-state index contributed by atoms with van der Waals surface area (Å²) < 4.78 is 0. The molecule has 78 valence electrons. The molecule has 0 aliphatic rings. The van der Waals surface area contributed by atoms with Crippen molar-refractivity contribution in [3.05, 3.63) is 0 Å². The molecule has 0 saturated carbocycles. The Hall–Kier alpha value is -0.260. The Labute approximate surface area is 83.1 Å². The molecule has 1 unspecified atom stereocenters. The molecular weight excluding hydrogens is 188 g/mol. The third kappa shape index (κ3) is 5.90. The number of nitrogens with two attached hydrogens (primary N) is 2. The third-order valence-electron chi connectivity index (χ3n) is 1.78. The summed E-state index contributed by atoms with van der Waals surface area (Å²) in [5, 5.41) is 8.50. The lowest BCUT2D eigenvalue weighted by Gasteiger charge is -2.19. The molecule has 5 heteroatoms. The molecule has 0 aromatic rings. The van der Waals surface area contributed by atoms with E-state index in [0.717, 1.165) is 17.9 Å². The monoisotopic (exact) mass is 206 g/mol. The molecule has 0 heterocycles. The summed E-state index contributed by atoms with van der Waals surface area (Å²) in [5.74, 6) is 1.23. The van der Waals surface area contributed by atoms with Gasteiger partial charge in [-0.2, -0.15) is 11.8 Å². The fourth-order valence-corrected chi connectivity index (χ4v) is 1.78. The molecule has 0 aliphatic heterocycles. The fourth-order valence-electron chi connectivity index (χ4n) is 0.676. The Morgan fingerprint density at radius 3 is 2.62 bits per heavy atom. The molecule has 0 bridgehead atoms. The zero-order valence-electron chi connectivity index (χ0n) is 7.95. The van der Waals surface area contributed by atoms with Crippen molar-refractivity contribution in [1.29, 1.82) is 0 Å². The molecule has 0 saturated heterocycles. The summed E-state index contributed by atoms with van der Waals surface area (Å²) in [6.07, 6.45) is 1.36. The minimum atomic E-state index is -0.897. The largest absolute Gasteiger partial charge is 0.396 e. The second-order valence-corrected chi connectivity index (χ2v) is 4.45. The predicted octanol–water partition coefficient (Wildman–Crippen LogP) is -0.305. The molecule has 0 aromatic carbocycles. The van der Waals surface area contributed by atoms with Gasteiger partial charge in [0.05, 0.1) is 5.54 Å². The topological polar surface area (TPSA) is 89.3 Å². The van der Waals surface area contributed by atoms with Crippen molar-refractivity contribution in [3.8, 4) is 0 Å². The van der Waals surface area contributed by atoms with Crippen LogP contribution in [0.4, 0.5) is 0 Å². The van der Waals surface area contributed by atoms with Gasteiger partial charge in [0.1, 0.15) is 0 Å². The van der Waals surface area contributed by atoms with E-state index in [2.05, 4.69) is 0 Å². The maximum atomic E-state index is 10.8. The lowest BCUT2D eigenvalue weighted by atomic mass is 10.0. The van der Waals surface area contributed by atoms with Crippen molar-refractivity contribution in [2.75, 3.05) is 18.1 Å². The van der Waals surface area contributed by atoms with E-state index in [1.165, 1.54) is 0 Å². The van der Waals surface area contributed by atoms with Crippen LogP contribution >= 0.6 is 11.8 Å². The summed E-state index contributed by atoms with van der Waals surface area (Å²) in [6, 6.07) is 0. The van der Waals surface area contributed by atoms with Crippen LogP contribution in [0.5, 0.6) is 0 Å². The van der Waals surface area contributed by atoms with Gasteiger partial charge in [0.25, 0.3) is 0 Å². The number of carbonyl (C=O) groups is 1. The smallest absolute Gasteiger partial charge is 0.237 e. The molecule has 4 nitrogen and oxygen atoms in total. The quantitative estimate of drug-likeness (QED) is 0.499. The zero-order valence-corrected chi connectivity index (χ0v) is 8.77. The second kappa shape index (κ2) is 6.23. The van der Waals surface area contributed by atoms with Gasteiger partial charge in [-0.15, -0.1) is 0 Å². The highest BCUT2D eigenvalue weighted by molar-refractivity contribution is 7.99. The number of rotatable bonds is 7. The van der Waals surface area contributed by atoms with Crippen molar-refractivity contribution >= 4 is 17.7 Å². The number of aliphatic hydroxyl groups excluding tert-OH is 1. The lowest BCUT2D eigenvalue weighted by molar-refractivity contribution is -0.122. The lowest BCUT2D eigenvalue weighted by Crippen LogP contribution is -2.49. The summed E-state index contributed by atoms with van der Waals surface area (Å²) in [7, 11) is 0. The molecule has 0 aliphatic carbocycles. The van der Waals surface area contributed by atoms with Crippen LogP contribution in [-0.4, -0.2) is 34.7 Å². The molecule has 0 aromatic heterocycles. The molecule has 0 radical (unpaired) electrons. The van der Waals surface area contributed by atoms with Gasteiger partial charge in [-0.1, -0.05) is 0 Å². The average molecular weight is 206 g/mol. The van der Waals surface area contributed by atoms with E-state index < -0.39 is 11.4 Å². The van der Waals surface area contributed by atoms with Gasteiger partial charge in [0.2, 0.25) is 5.91 Å². The number of carbonyl (C=O) groups excluding carboxylic acids is 1. The van der Waals surface area contributed by atoms with Crippen molar-refractivity contribution in [3.63, 3.8) is 0 Å². The van der Waals surface area contributed by atoms with E-state index in [4.69, 9.17) is 16.6 Å². The molecule has 5 N–H and O–H groups in total. The Bertz CT molecular complexity index is 162. The highest BCUT2D eigenvalue weighted by Gasteiger charge is 2.24. The van der Waals surface area contributed by atoms with Crippen LogP contribution in [0.15, 0.2) is 0 Å². The van der Waals surface area contributed by atoms with Gasteiger partial charge in [0, 0.05) is 6.61 Å². The van der Waals surface area contributed by atoms with Crippen molar-refractivity contribution < 1.29 is 9.90 Å². The molecule has 1 atom stereocenters. The van der Waals surface area contributed by atoms with E-state index in [1.807, 2.05) is 0 Å². The molecule has 0 fully saturated rings. The van der Waals surface area contributed by atoms with Crippen LogP contribution in [-0.2, 0) is 4.79 Å². The van der Waals surface area contributed by atoms with Crippen molar-refractivity contribution in [2.45, 2.75) is 25.3 Å². The normalized spacial score (nSPS) is 15.3. The number of hydrogen-bond acceptors (Lipinski definition) is 4. The highest BCUT2D eigenvalue weighted by Crippen LogP contribution is 2.11. The summed E-state index contributed by atoms with van der Waals surface area (Å²) in [4.78, 5) is 10.8. The van der Waals surface area contributed by atoms with Crippen LogP contribution in [0.1, 0.15) is 19.8 Å². The van der Waals surface area contributed by atoms with Crippen LogP contribution in [0.25, 0.3) is 0 Å². The first-order chi connectivity index (χ1) is 6.00. The molecule has 1 amide bonds. The zero-order chi connectivity index (χ0) is 10.3. The standard InChI is InChI=1S/C8H18N2O2S/c1-8(10,7(9)12)3-6-13-5-2-4-11/h11H,2-6,10H2,1H3,(H2,9,12). The highest BCUT2D eigenvalue weighted by atomic mass is 32.2. The molecule has 0 spiro atoms. The first-order valence-electron chi connectivity index (χ1n) is 4.28. The van der Waals surface area contributed by atoms with Crippen LogP contribution < -0.4 is 11.5 Å². The Morgan fingerprint density at radius 1 is 1.54 bits per heavy atom. The van der Waals surface area contributed by atoms with E-state index in [1.54, 1.807) is 18.7 Å². The Balaban J connectivity index is 3.46. The van der Waals surface area contributed by atoms with Gasteiger partial charge in [-0.3, -0.25) is 4.79 Å². The number of thioether (sulfide) groups is 1. The Kier molecular flexibility index (Phi) is 6.11. The number of hydrogen-bond donors (Lipinski definition) is 3. The van der Waals surface area contributed by atoms with Gasteiger partial charge in [0.15, 0.2) is 0 Å². The van der Waals surface area contributed by atoms with E-state index >= 15 is 0 Å². The van der Waals surface area contributed by atoms with Crippen LogP contribution in [0, 0.1) is 0 Å². The average Bonchev–Trinajstić information content (AvgIpc) is 2.03.